The lowest BCUT2D eigenvalue weighted by atomic mass is 10.2. The Morgan fingerprint density at radius 1 is 1.00 bits per heavy atom. The Kier molecular flexibility index (Phi) is 2.71. The van der Waals surface area contributed by atoms with E-state index in [4.69, 9.17) is 0 Å². The molecule has 0 amide bonds. The van der Waals surface area contributed by atoms with E-state index >= 15 is 0 Å². The fraction of sp³-hybridized carbons (Fsp3) is 0.0667. The van der Waals surface area contributed by atoms with Gasteiger partial charge in [-0.3, -0.25) is 5.01 Å². The van der Waals surface area contributed by atoms with Gasteiger partial charge in [0.05, 0.1) is 5.69 Å². The fourth-order valence-electron chi connectivity index (χ4n) is 2.10. The molecule has 1 heterocycles. The molecule has 0 saturated carbocycles. The maximum Gasteiger partial charge on any atom is 0.159 e. The number of hydrogen-bond acceptors (Lipinski definition) is 2. The molecule has 0 aromatic heterocycles. The van der Waals surface area contributed by atoms with Crippen molar-refractivity contribution in [1.82, 2.24) is 5.43 Å². The van der Waals surface area contributed by atoms with Crippen LogP contribution in [0.15, 0.2) is 36.4 Å². The number of nitrogens with one attached hydrogen (secondary N) is 1. The predicted molar refractivity (Wildman–Crippen MR) is 71.3 cm³/mol. The quantitative estimate of drug-likeness (QED) is 0.838. The van der Waals surface area contributed by atoms with Gasteiger partial charge in [0.1, 0.15) is 0 Å². The zero-order valence-corrected chi connectivity index (χ0v) is 10.3. The molecular formula is C15H12F2N2. The number of nitrogens with zero attached hydrogens (tertiary/aromatic N) is 1. The third kappa shape index (κ3) is 2.05. The number of anilines is 1. The largest absolute Gasteiger partial charge is 0.301 e. The van der Waals surface area contributed by atoms with Crippen molar-refractivity contribution in [2.24, 2.45) is 0 Å². The third-order valence-corrected chi connectivity index (χ3v) is 3.13. The average Bonchev–Trinajstić information content (AvgIpc) is 2.40. The molecule has 0 fully saturated rings. The Morgan fingerprint density at radius 2 is 1.68 bits per heavy atom. The third-order valence-electron chi connectivity index (χ3n) is 3.13. The molecule has 0 radical (unpaired) electrons. The van der Waals surface area contributed by atoms with E-state index in [0.717, 1.165) is 11.3 Å². The molecule has 0 unspecified atom stereocenters. The van der Waals surface area contributed by atoms with Crippen LogP contribution in [-0.2, 0) is 0 Å². The lowest BCUT2D eigenvalue weighted by Gasteiger charge is -2.24. The topological polar surface area (TPSA) is 15.3 Å². The van der Waals surface area contributed by atoms with Gasteiger partial charge in [0.2, 0.25) is 0 Å². The SMILES string of the molecule is Cc1ccccc1N1C=c2cc(F)c(F)cc2=CN1. The molecule has 0 atom stereocenters. The first-order valence-corrected chi connectivity index (χ1v) is 5.93. The van der Waals surface area contributed by atoms with Gasteiger partial charge in [-0.15, -0.1) is 0 Å². The molecule has 96 valence electrons. The number of benzene rings is 2. The summed E-state index contributed by atoms with van der Waals surface area (Å²) < 4.78 is 26.4. The number of hydrogen-bond donors (Lipinski definition) is 1. The highest BCUT2D eigenvalue weighted by Crippen LogP contribution is 2.18. The van der Waals surface area contributed by atoms with Crippen LogP contribution < -0.4 is 20.9 Å². The van der Waals surface area contributed by atoms with Crippen LogP contribution in [0.5, 0.6) is 0 Å². The van der Waals surface area contributed by atoms with Crippen LogP contribution in [-0.4, -0.2) is 0 Å². The molecular weight excluding hydrogens is 246 g/mol. The van der Waals surface area contributed by atoms with Gasteiger partial charge in [0, 0.05) is 22.8 Å². The molecule has 1 aliphatic heterocycles. The average molecular weight is 258 g/mol. The van der Waals surface area contributed by atoms with Crippen molar-refractivity contribution in [1.29, 1.82) is 0 Å². The van der Waals surface area contributed by atoms with E-state index in [0.29, 0.717) is 10.4 Å². The highest BCUT2D eigenvalue weighted by molar-refractivity contribution is 5.64. The Hall–Kier alpha value is -2.36. The molecule has 2 aromatic rings. The van der Waals surface area contributed by atoms with Crippen molar-refractivity contribution in [2.75, 3.05) is 5.01 Å². The molecule has 19 heavy (non-hydrogen) atoms. The zero-order valence-electron chi connectivity index (χ0n) is 10.3. The lowest BCUT2D eigenvalue weighted by Crippen LogP contribution is -2.42. The van der Waals surface area contributed by atoms with E-state index in [1.54, 1.807) is 17.4 Å². The Bertz CT molecular complexity index is 753. The molecule has 1 N–H and O–H groups in total. The van der Waals surface area contributed by atoms with Gasteiger partial charge in [-0.2, -0.15) is 0 Å². The first-order chi connectivity index (χ1) is 9.15. The fourth-order valence-corrected chi connectivity index (χ4v) is 2.10. The summed E-state index contributed by atoms with van der Waals surface area (Å²) in [6.45, 7) is 1.99. The minimum atomic E-state index is -0.838. The summed E-state index contributed by atoms with van der Waals surface area (Å²) in [5, 5.41) is 3.05. The van der Waals surface area contributed by atoms with Gasteiger partial charge < -0.3 is 5.43 Å². The second kappa shape index (κ2) is 4.39. The molecule has 2 aromatic carbocycles. The normalized spacial score (nSPS) is 13.1. The summed E-state index contributed by atoms with van der Waals surface area (Å²) in [5.41, 5.74) is 5.10. The molecule has 0 bridgehead atoms. The van der Waals surface area contributed by atoms with Crippen molar-refractivity contribution in [3.8, 4) is 0 Å². The van der Waals surface area contributed by atoms with Crippen LogP contribution in [0.4, 0.5) is 14.5 Å². The molecule has 4 heteroatoms. The zero-order chi connectivity index (χ0) is 13.4. The Labute approximate surface area is 109 Å². The van der Waals surface area contributed by atoms with Crippen LogP contribution in [0.25, 0.3) is 12.4 Å². The number of para-hydroxylation sites is 1. The number of rotatable bonds is 1. The Balaban J connectivity index is 2.13. The second-order valence-corrected chi connectivity index (χ2v) is 4.45. The van der Waals surface area contributed by atoms with E-state index in [2.05, 4.69) is 5.43 Å². The van der Waals surface area contributed by atoms with Gasteiger partial charge in [-0.25, -0.2) is 8.78 Å². The standard InChI is InChI=1S/C15H12F2N2/c1-10-4-2-3-5-15(10)19-9-12-7-14(17)13(16)6-11(12)8-18-19/h2-9,18H,1H3. The highest BCUT2D eigenvalue weighted by Gasteiger charge is 2.09. The number of hydrazine groups is 1. The van der Waals surface area contributed by atoms with Crippen molar-refractivity contribution >= 4 is 18.1 Å². The molecule has 1 aliphatic rings. The van der Waals surface area contributed by atoms with Crippen LogP contribution in [0.2, 0.25) is 0 Å². The van der Waals surface area contributed by atoms with E-state index in [-0.39, 0.29) is 0 Å². The summed E-state index contributed by atoms with van der Waals surface area (Å²) in [7, 11) is 0. The van der Waals surface area contributed by atoms with Gasteiger partial charge in [0.25, 0.3) is 0 Å². The minimum absolute atomic E-state index is 0.628. The van der Waals surface area contributed by atoms with Crippen molar-refractivity contribution in [2.45, 2.75) is 6.92 Å². The summed E-state index contributed by atoms with van der Waals surface area (Å²) in [6.07, 6.45) is 3.41. The number of aryl methyl sites for hydroxylation is 1. The smallest absolute Gasteiger partial charge is 0.159 e. The number of fused-ring (bicyclic) bond motifs is 1. The van der Waals surface area contributed by atoms with Crippen molar-refractivity contribution in [3.05, 3.63) is 64.0 Å². The van der Waals surface area contributed by atoms with Gasteiger partial charge in [-0.1, -0.05) is 18.2 Å². The van der Waals surface area contributed by atoms with Gasteiger partial charge >= 0.3 is 0 Å². The van der Waals surface area contributed by atoms with E-state index in [1.807, 2.05) is 31.2 Å². The number of halogens is 2. The second-order valence-electron chi connectivity index (χ2n) is 4.45. The molecule has 0 spiro atoms. The lowest BCUT2D eigenvalue weighted by molar-refractivity contribution is 0.506. The van der Waals surface area contributed by atoms with Crippen LogP contribution in [0.1, 0.15) is 5.56 Å². The molecule has 0 saturated heterocycles. The van der Waals surface area contributed by atoms with Crippen molar-refractivity contribution < 1.29 is 8.78 Å². The Morgan fingerprint density at radius 3 is 2.42 bits per heavy atom. The summed E-state index contributed by atoms with van der Waals surface area (Å²) in [4.78, 5) is 0. The predicted octanol–water partition coefficient (Wildman–Crippen LogP) is 1.77. The van der Waals surface area contributed by atoms with Crippen molar-refractivity contribution in [3.63, 3.8) is 0 Å². The maximum atomic E-state index is 13.3. The molecule has 3 rings (SSSR count). The summed E-state index contributed by atoms with van der Waals surface area (Å²) >= 11 is 0. The maximum absolute atomic E-state index is 13.3. The van der Waals surface area contributed by atoms with Crippen LogP contribution in [0, 0.1) is 18.6 Å². The minimum Gasteiger partial charge on any atom is -0.301 e. The summed E-state index contributed by atoms with van der Waals surface area (Å²) in [6, 6.07) is 10.2. The summed E-state index contributed by atoms with van der Waals surface area (Å²) in [5.74, 6) is -1.68. The van der Waals surface area contributed by atoms with E-state index in [1.165, 1.54) is 12.1 Å². The monoisotopic (exact) mass is 258 g/mol. The van der Waals surface area contributed by atoms with Gasteiger partial charge in [-0.05, 0) is 30.7 Å². The van der Waals surface area contributed by atoms with Crippen LogP contribution in [0.3, 0.4) is 0 Å². The van der Waals surface area contributed by atoms with E-state index < -0.39 is 11.6 Å². The first kappa shape index (κ1) is 11.7. The first-order valence-electron chi connectivity index (χ1n) is 5.93. The molecule has 0 aliphatic carbocycles. The van der Waals surface area contributed by atoms with Gasteiger partial charge in [0.15, 0.2) is 11.6 Å². The highest BCUT2D eigenvalue weighted by atomic mass is 19.2. The molecule has 2 nitrogen and oxygen atoms in total. The van der Waals surface area contributed by atoms with Crippen LogP contribution >= 0.6 is 0 Å². The van der Waals surface area contributed by atoms with E-state index in [9.17, 15) is 8.78 Å².